The number of hydrogen-bond acceptors (Lipinski definition) is 4. The second-order valence-corrected chi connectivity index (χ2v) is 1.97. The van der Waals surface area contributed by atoms with Crippen LogP contribution in [0.4, 0.5) is 0 Å². The molecule has 4 heteroatoms. The summed E-state index contributed by atoms with van der Waals surface area (Å²) in [5.74, 6) is -1.39. The molecule has 12 heavy (non-hydrogen) atoms. The normalized spacial score (nSPS) is 15.2. The van der Waals surface area contributed by atoms with Crippen LogP contribution in [-0.2, 0) is 19.1 Å². The van der Waals surface area contributed by atoms with E-state index < -0.39 is 11.9 Å². The summed E-state index contributed by atoms with van der Waals surface area (Å²) in [6.45, 7) is 6.67. The standard InChI is InChI=1S/C8H6O4/c1-3-11-5(2)6-4-7(9)12-8(6)10/h3-4H,1-2H2. The summed E-state index contributed by atoms with van der Waals surface area (Å²) in [6, 6.07) is 0. The summed E-state index contributed by atoms with van der Waals surface area (Å²) >= 11 is 0. The molecule has 0 aromatic rings. The predicted molar refractivity (Wildman–Crippen MR) is 39.6 cm³/mol. The molecule has 0 unspecified atom stereocenters. The Bertz CT molecular complexity index is 298. The lowest BCUT2D eigenvalue weighted by Crippen LogP contribution is -2.03. The molecule has 1 heterocycles. The molecular weight excluding hydrogens is 160 g/mol. The van der Waals surface area contributed by atoms with E-state index in [0.717, 1.165) is 12.3 Å². The van der Waals surface area contributed by atoms with Crippen molar-refractivity contribution in [1.82, 2.24) is 0 Å². The van der Waals surface area contributed by atoms with E-state index in [9.17, 15) is 9.59 Å². The van der Waals surface area contributed by atoms with Gasteiger partial charge in [-0.25, -0.2) is 9.59 Å². The van der Waals surface area contributed by atoms with E-state index in [1.54, 1.807) is 0 Å². The van der Waals surface area contributed by atoms with E-state index in [0.29, 0.717) is 0 Å². The Kier molecular flexibility index (Phi) is 2.09. The number of cyclic esters (lactones) is 2. The third-order valence-corrected chi connectivity index (χ3v) is 1.20. The second-order valence-electron chi connectivity index (χ2n) is 1.97. The average Bonchev–Trinajstić information content (AvgIpc) is 2.30. The Morgan fingerprint density at radius 2 is 2.25 bits per heavy atom. The third-order valence-electron chi connectivity index (χ3n) is 1.20. The van der Waals surface area contributed by atoms with Gasteiger partial charge in [-0.05, 0) is 0 Å². The van der Waals surface area contributed by atoms with Crippen LogP contribution in [0, 0.1) is 0 Å². The minimum Gasteiger partial charge on any atom is -0.465 e. The number of carbonyl (C=O) groups is 2. The maximum atomic E-state index is 10.8. The van der Waals surface area contributed by atoms with Crippen molar-refractivity contribution in [2.75, 3.05) is 0 Å². The third kappa shape index (κ3) is 1.42. The van der Waals surface area contributed by atoms with Crippen molar-refractivity contribution < 1.29 is 19.1 Å². The van der Waals surface area contributed by atoms with E-state index in [-0.39, 0.29) is 11.3 Å². The van der Waals surface area contributed by atoms with Crippen LogP contribution in [0.5, 0.6) is 0 Å². The molecule has 4 nitrogen and oxygen atoms in total. The van der Waals surface area contributed by atoms with Crippen LogP contribution in [0.2, 0.25) is 0 Å². The Hall–Kier alpha value is -1.84. The maximum absolute atomic E-state index is 10.8. The molecule has 1 aliphatic rings. The molecule has 0 bridgehead atoms. The van der Waals surface area contributed by atoms with E-state index in [1.165, 1.54) is 0 Å². The van der Waals surface area contributed by atoms with Gasteiger partial charge in [-0.3, -0.25) is 0 Å². The van der Waals surface area contributed by atoms with Crippen molar-refractivity contribution in [3.8, 4) is 0 Å². The molecule has 62 valence electrons. The van der Waals surface area contributed by atoms with Gasteiger partial charge >= 0.3 is 11.9 Å². The smallest absolute Gasteiger partial charge is 0.350 e. The van der Waals surface area contributed by atoms with Crippen molar-refractivity contribution in [3.05, 3.63) is 36.8 Å². The van der Waals surface area contributed by atoms with Crippen LogP contribution < -0.4 is 0 Å². The molecule has 0 N–H and O–H groups in total. The highest BCUT2D eigenvalue weighted by Crippen LogP contribution is 2.16. The first kappa shape index (κ1) is 8.26. The van der Waals surface area contributed by atoms with Gasteiger partial charge < -0.3 is 9.47 Å². The highest BCUT2D eigenvalue weighted by molar-refractivity contribution is 6.11. The summed E-state index contributed by atoms with van der Waals surface area (Å²) in [5.41, 5.74) is 0.0277. The van der Waals surface area contributed by atoms with Crippen molar-refractivity contribution in [2.24, 2.45) is 0 Å². The van der Waals surface area contributed by atoms with Crippen molar-refractivity contribution >= 4 is 11.9 Å². The topological polar surface area (TPSA) is 52.6 Å². The Morgan fingerprint density at radius 1 is 1.58 bits per heavy atom. The van der Waals surface area contributed by atoms with Crippen LogP contribution in [0.1, 0.15) is 0 Å². The molecule has 0 radical (unpaired) electrons. The zero-order valence-corrected chi connectivity index (χ0v) is 6.20. The first-order valence-corrected chi connectivity index (χ1v) is 3.10. The molecule has 0 amide bonds. The highest BCUT2D eigenvalue weighted by atomic mass is 16.6. The molecule has 1 aliphatic heterocycles. The zero-order valence-electron chi connectivity index (χ0n) is 6.20. The van der Waals surface area contributed by atoms with Gasteiger partial charge in [0.2, 0.25) is 0 Å². The SMILES string of the molecule is C=COC(=C)C1=CC(=O)OC1=O. The monoisotopic (exact) mass is 166 g/mol. The van der Waals surface area contributed by atoms with Crippen molar-refractivity contribution in [1.29, 1.82) is 0 Å². The van der Waals surface area contributed by atoms with Crippen molar-refractivity contribution in [3.63, 3.8) is 0 Å². The van der Waals surface area contributed by atoms with E-state index >= 15 is 0 Å². The summed E-state index contributed by atoms with van der Waals surface area (Å²) in [5, 5.41) is 0. The number of esters is 2. The molecule has 0 spiro atoms. The number of carbonyl (C=O) groups excluding carboxylic acids is 2. The summed E-state index contributed by atoms with van der Waals surface area (Å²) in [7, 11) is 0. The van der Waals surface area contributed by atoms with E-state index in [1.807, 2.05) is 0 Å². The number of rotatable bonds is 3. The van der Waals surface area contributed by atoms with E-state index in [2.05, 4.69) is 17.9 Å². The van der Waals surface area contributed by atoms with Gasteiger partial charge in [0.05, 0.1) is 6.26 Å². The zero-order chi connectivity index (χ0) is 9.14. The molecular formula is C8H6O4. The Balaban J connectivity index is 2.81. The van der Waals surface area contributed by atoms with E-state index in [4.69, 9.17) is 4.74 Å². The van der Waals surface area contributed by atoms with Crippen LogP contribution in [-0.4, -0.2) is 11.9 Å². The quantitative estimate of drug-likeness (QED) is 0.351. The van der Waals surface area contributed by atoms with Crippen LogP contribution in [0.15, 0.2) is 36.8 Å². The lowest BCUT2D eigenvalue weighted by molar-refractivity contribution is -0.150. The fourth-order valence-electron chi connectivity index (χ4n) is 0.711. The average molecular weight is 166 g/mol. The summed E-state index contributed by atoms with van der Waals surface area (Å²) < 4.78 is 8.89. The predicted octanol–water partition coefficient (Wildman–Crippen LogP) is 0.670. The second kappa shape index (κ2) is 3.04. The lowest BCUT2D eigenvalue weighted by atomic mass is 10.2. The van der Waals surface area contributed by atoms with Gasteiger partial charge in [-0.15, -0.1) is 0 Å². The Labute approximate surface area is 68.8 Å². The van der Waals surface area contributed by atoms with Gasteiger partial charge in [0.1, 0.15) is 11.3 Å². The molecule has 0 aromatic carbocycles. The van der Waals surface area contributed by atoms with Crippen molar-refractivity contribution in [2.45, 2.75) is 0 Å². The maximum Gasteiger partial charge on any atom is 0.350 e. The number of hydrogen-bond donors (Lipinski definition) is 0. The molecule has 0 aromatic heterocycles. The fraction of sp³-hybridized carbons (Fsp3) is 0. The van der Waals surface area contributed by atoms with Crippen LogP contribution >= 0.6 is 0 Å². The molecule has 0 saturated heterocycles. The highest BCUT2D eigenvalue weighted by Gasteiger charge is 2.26. The molecule has 0 fully saturated rings. The van der Waals surface area contributed by atoms with Gasteiger partial charge in [-0.2, -0.15) is 0 Å². The largest absolute Gasteiger partial charge is 0.465 e. The molecule has 0 saturated carbocycles. The molecule has 0 atom stereocenters. The van der Waals surface area contributed by atoms with Crippen LogP contribution in [0.25, 0.3) is 0 Å². The van der Waals surface area contributed by atoms with Crippen LogP contribution in [0.3, 0.4) is 0 Å². The molecule has 0 aliphatic carbocycles. The first-order chi connectivity index (χ1) is 5.65. The molecule has 1 rings (SSSR count). The Morgan fingerprint density at radius 3 is 2.67 bits per heavy atom. The fourth-order valence-corrected chi connectivity index (χ4v) is 0.711. The van der Waals surface area contributed by atoms with Gasteiger partial charge in [0.25, 0.3) is 0 Å². The van der Waals surface area contributed by atoms with Gasteiger partial charge in [0, 0.05) is 6.08 Å². The lowest BCUT2D eigenvalue weighted by Gasteiger charge is -2.00. The minimum atomic E-state index is -0.744. The minimum absolute atomic E-state index is 0.0277. The first-order valence-electron chi connectivity index (χ1n) is 3.10. The van der Waals surface area contributed by atoms with Gasteiger partial charge in [-0.1, -0.05) is 13.2 Å². The van der Waals surface area contributed by atoms with Gasteiger partial charge in [0.15, 0.2) is 0 Å². The number of ether oxygens (including phenoxy) is 2. The summed E-state index contributed by atoms with van der Waals surface area (Å²) in [4.78, 5) is 21.3. The summed E-state index contributed by atoms with van der Waals surface area (Å²) in [6.07, 6.45) is 2.13.